The Morgan fingerprint density at radius 1 is 1.11 bits per heavy atom. The highest BCUT2D eigenvalue weighted by Gasteiger charge is 2.39. The van der Waals surface area contributed by atoms with Crippen molar-refractivity contribution in [3.8, 4) is 0 Å². The lowest BCUT2D eigenvalue weighted by Crippen LogP contribution is -2.46. The largest absolute Gasteiger partial charge is 0.335 e. The first-order valence-corrected chi connectivity index (χ1v) is 9.08. The Bertz CT molecular complexity index is 982. The highest BCUT2D eigenvalue weighted by Crippen LogP contribution is 2.29. The average molecular weight is 372 g/mol. The second kappa shape index (κ2) is 6.77. The van der Waals surface area contributed by atoms with Gasteiger partial charge in [0.25, 0.3) is 5.56 Å². The summed E-state index contributed by atoms with van der Waals surface area (Å²) in [6, 6.07) is 5.80. The molecular formula is C19H21FN4O3. The fraction of sp³-hybridized carbons (Fsp3) is 0.421. The SMILES string of the molecule is CC(c1ccc(F)cc1)N1CCC(N2CCc3c([nH]c(=O)[nH]c3=O)C2)C1=O. The Morgan fingerprint density at radius 2 is 1.85 bits per heavy atom. The van der Waals surface area contributed by atoms with Gasteiger partial charge in [0.1, 0.15) is 5.82 Å². The summed E-state index contributed by atoms with van der Waals surface area (Å²) < 4.78 is 13.2. The number of carbonyl (C=O) groups is 1. The predicted octanol–water partition coefficient (Wildman–Crippen LogP) is 0.922. The molecule has 1 fully saturated rings. The van der Waals surface area contributed by atoms with E-state index in [1.54, 1.807) is 12.1 Å². The number of aromatic amines is 2. The van der Waals surface area contributed by atoms with E-state index in [1.807, 2.05) is 16.7 Å². The van der Waals surface area contributed by atoms with E-state index < -0.39 is 5.69 Å². The maximum atomic E-state index is 13.2. The molecule has 1 saturated heterocycles. The van der Waals surface area contributed by atoms with Crippen LogP contribution in [0.1, 0.15) is 36.2 Å². The average Bonchev–Trinajstić information content (AvgIpc) is 3.02. The maximum absolute atomic E-state index is 13.2. The number of likely N-dealkylation sites (tertiary alicyclic amines) is 1. The number of fused-ring (bicyclic) bond motifs is 1. The molecule has 0 saturated carbocycles. The van der Waals surface area contributed by atoms with E-state index in [-0.39, 0.29) is 29.4 Å². The van der Waals surface area contributed by atoms with Crippen LogP contribution < -0.4 is 11.2 Å². The van der Waals surface area contributed by atoms with Crippen LogP contribution in [0.25, 0.3) is 0 Å². The van der Waals surface area contributed by atoms with Gasteiger partial charge >= 0.3 is 5.69 Å². The summed E-state index contributed by atoms with van der Waals surface area (Å²) in [4.78, 5) is 45.2. The van der Waals surface area contributed by atoms with E-state index in [0.29, 0.717) is 43.7 Å². The Hall–Kier alpha value is -2.74. The summed E-state index contributed by atoms with van der Waals surface area (Å²) in [7, 11) is 0. The predicted molar refractivity (Wildman–Crippen MR) is 96.7 cm³/mol. The molecule has 27 heavy (non-hydrogen) atoms. The lowest BCUT2D eigenvalue weighted by molar-refractivity contribution is -0.134. The molecule has 2 unspecified atom stereocenters. The van der Waals surface area contributed by atoms with Crippen molar-refractivity contribution >= 4 is 5.91 Å². The highest BCUT2D eigenvalue weighted by molar-refractivity contribution is 5.84. The molecule has 2 atom stereocenters. The van der Waals surface area contributed by atoms with Crippen molar-refractivity contribution in [3.63, 3.8) is 0 Å². The first-order chi connectivity index (χ1) is 12.9. The number of benzene rings is 1. The molecule has 2 N–H and O–H groups in total. The number of hydrogen-bond acceptors (Lipinski definition) is 4. The van der Waals surface area contributed by atoms with Crippen LogP contribution >= 0.6 is 0 Å². The number of rotatable bonds is 3. The molecule has 4 rings (SSSR count). The third kappa shape index (κ3) is 3.21. The molecule has 142 valence electrons. The van der Waals surface area contributed by atoms with Crippen LogP contribution in [0.2, 0.25) is 0 Å². The van der Waals surface area contributed by atoms with Crippen LogP contribution in [-0.4, -0.2) is 44.8 Å². The molecule has 3 heterocycles. The van der Waals surface area contributed by atoms with E-state index in [0.717, 1.165) is 5.56 Å². The van der Waals surface area contributed by atoms with Gasteiger partial charge in [0, 0.05) is 30.9 Å². The Labute approximate surface area is 154 Å². The number of aromatic nitrogens is 2. The van der Waals surface area contributed by atoms with Gasteiger partial charge in [0.15, 0.2) is 0 Å². The molecule has 8 heteroatoms. The summed E-state index contributed by atoms with van der Waals surface area (Å²) in [5, 5.41) is 0. The van der Waals surface area contributed by atoms with E-state index >= 15 is 0 Å². The van der Waals surface area contributed by atoms with Crippen molar-refractivity contribution in [2.75, 3.05) is 13.1 Å². The van der Waals surface area contributed by atoms with Gasteiger partial charge in [-0.05, 0) is 37.5 Å². The van der Waals surface area contributed by atoms with Gasteiger partial charge in [-0.15, -0.1) is 0 Å². The second-order valence-electron chi connectivity index (χ2n) is 7.15. The first-order valence-electron chi connectivity index (χ1n) is 9.08. The molecule has 2 aromatic rings. The van der Waals surface area contributed by atoms with Crippen molar-refractivity contribution in [2.24, 2.45) is 0 Å². The summed E-state index contributed by atoms with van der Waals surface area (Å²) in [6.45, 7) is 3.54. The third-order valence-corrected chi connectivity index (χ3v) is 5.61. The van der Waals surface area contributed by atoms with Crippen LogP contribution in [0, 0.1) is 5.82 Å². The lowest BCUT2D eigenvalue weighted by Gasteiger charge is -2.32. The van der Waals surface area contributed by atoms with Gasteiger partial charge in [-0.1, -0.05) is 12.1 Å². The van der Waals surface area contributed by atoms with E-state index in [9.17, 15) is 18.8 Å². The molecule has 0 bridgehead atoms. The smallest absolute Gasteiger partial charge is 0.325 e. The summed E-state index contributed by atoms with van der Waals surface area (Å²) in [5.74, 6) is -0.269. The quantitative estimate of drug-likeness (QED) is 0.839. The topological polar surface area (TPSA) is 89.3 Å². The van der Waals surface area contributed by atoms with Gasteiger partial charge < -0.3 is 9.88 Å². The van der Waals surface area contributed by atoms with Crippen LogP contribution in [0.3, 0.4) is 0 Å². The van der Waals surface area contributed by atoms with Gasteiger partial charge in [-0.2, -0.15) is 0 Å². The zero-order valence-electron chi connectivity index (χ0n) is 15.0. The Balaban J connectivity index is 1.51. The molecular weight excluding hydrogens is 351 g/mol. The minimum Gasteiger partial charge on any atom is -0.335 e. The van der Waals surface area contributed by atoms with Crippen LogP contribution in [0.4, 0.5) is 4.39 Å². The van der Waals surface area contributed by atoms with Crippen LogP contribution in [-0.2, 0) is 17.8 Å². The van der Waals surface area contributed by atoms with Crippen LogP contribution in [0.5, 0.6) is 0 Å². The normalized spacial score (nSPS) is 21.3. The minimum absolute atomic E-state index is 0.0301. The molecule has 1 aromatic carbocycles. The summed E-state index contributed by atoms with van der Waals surface area (Å²) in [6.07, 6.45) is 1.19. The second-order valence-corrected chi connectivity index (χ2v) is 7.15. The number of H-pyrrole nitrogens is 2. The first kappa shape index (κ1) is 17.7. The Kier molecular flexibility index (Phi) is 4.43. The van der Waals surface area contributed by atoms with Crippen molar-refractivity contribution in [1.29, 1.82) is 0 Å². The van der Waals surface area contributed by atoms with Gasteiger partial charge in [0.05, 0.1) is 12.1 Å². The van der Waals surface area contributed by atoms with Crippen LogP contribution in [0.15, 0.2) is 33.9 Å². The molecule has 1 amide bonds. The molecule has 2 aliphatic rings. The van der Waals surface area contributed by atoms with Crippen molar-refractivity contribution in [1.82, 2.24) is 19.8 Å². The number of amides is 1. The molecule has 7 nitrogen and oxygen atoms in total. The number of halogens is 1. The molecule has 0 aliphatic carbocycles. The summed E-state index contributed by atoms with van der Waals surface area (Å²) >= 11 is 0. The highest BCUT2D eigenvalue weighted by atomic mass is 19.1. The van der Waals surface area contributed by atoms with Gasteiger partial charge in [0.2, 0.25) is 5.91 Å². The fourth-order valence-electron chi connectivity index (χ4n) is 4.09. The van der Waals surface area contributed by atoms with E-state index in [4.69, 9.17) is 0 Å². The number of nitrogens with one attached hydrogen (secondary N) is 2. The summed E-state index contributed by atoms with van der Waals surface area (Å²) in [5.41, 5.74) is 1.20. The molecule has 0 radical (unpaired) electrons. The monoisotopic (exact) mass is 372 g/mol. The number of carbonyl (C=O) groups excluding carboxylic acids is 1. The van der Waals surface area contributed by atoms with Crippen molar-refractivity contribution in [3.05, 3.63) is 67.7 Å². The van der Waals surface area contributed by atoms with E-state index in [2.05, 4.69) is 9.97 Å². The van der Waals surface area contributed by atoms with Crippen molar-refractivity contribution < 1.29 is 9.18 Å². The van der Waals surface area contributed by atoms with E-state index in [1.165, 1.54) is 12.1 Å². The zero-order chi connectivity index (χ0) is 19.1. The lowest BCUT2D eigenvalue weighted by atomic mass is 10.0. The zero-order valence-corrected chi connectivity index (χ0v) is 15.0. The maximum Gasteiger partial charge on any atom is 0.325 e. The Morgan fingerprint density at radius 3 is 2.59 bits per heavy atom. The molecule has 0 spiro atoms. The number of nitrogens with zero attached hydrogens (tertiary/aromatic N) is 2. The number of hydrogen-bond donors (Lipinski definition) is 2. The molecule has 1 aromatic heterocycles. The van der Waals surface area contributed by atoms with Gasteiger partial charge in [-0.3, -0.25) is 19.5 Å². The fourth-order valence-corrected chi connectivity index (χ4v) is 4.09. The van der Waals surface area contributed by atoms with Crippen molar-refractivity contribution in [2.45, 2.75) is 38.4 Å². The third-order valence-electron chi connectivity index (χ3n) is 5.61. The minimum atomic E-state index is -0.523. The molecule has 2 aliphatic heterocycles. The van der Waals surface area contributed by atoms with Gasteiger partial charge in [-0.25, -0.2) is 9.18 Å². The standard InChI is InChI=1S/C19H21FN4O3/c1-11(12-2-4-13(20)5-3-12)24-9-7-16(18(24)26)23-8-6-14-15(10-23)21-19(27)22-17(14)25/h2-5,11,16H,6-10H2,1H3,(H2,21,22,25,27).